The van der Waals surface area contributed by atoms with Crippen LogP contribution in [-0.2, 0) is 9.59 Å². The quantitative estimate of drug-likeness (QED) is 0.893. The van der Waals surface area contributed by atoms with E-state index in [0.29, 0.717) is 21.4 Å². The van der Waals surface area contributed by atoms with E-state index in [-0.39, 0.29) is 18.4 Å². The summed E-state index contributed by atoms with van der Waals surface area (Å²) in [6, 6.07) is 12.1. The summed E-state index contributed by atoms with van der Waals surface area (Å²) in [7, 11) is 0. The lowest BCUT2D eigenvalue weighted by Gasteiger charge is -2.22. The molecule has 0 aliphatic heterocycles. The topological polar surface area (TPSA) is 49.4 Å². The number of carbonyl (C=O) groups excluding carboxylic acids is 2. The molecule has 0 atom stereocenters. The minimum Gasteiger partial charge on any atom is -0.324 e. The number of amides is 2. The molecular weight excluding hydrogens is 335 g/mol. The number of aryl methyl sites for hydroxylation is 1. The van der Waals surface area contributed by atoms with Crippen LogP contribution in [-0.4, -0.2) is 18.4 Å². The Bertz CT molecular complexity index is 747. The highest BCUT2D eigenvalue weighted by molar-refractivity contribution is 6.34. The van der Waals surface area contributed by atoms with E-state index in [1.807, 2.05) is 6.92 Å². The second-order valence-corrected chi connectivity index (χ2v) is 5.91. The summed E-state index contributed by atoms with van der Waals surface area (Å²) in [5, 5.41) is 3.79. The minimum atomic E-state index is -0.314. The van der Waals surface area contributed by atoms with Crippen molar-refractivity contribution in [3.05, 3.63) is 58.1 Å². The maximum absolute atomic E-state index is 12.3. The molecule has 0 aliphatic carbocycles. The van der Waals surface area contributed by atoms with Gasteiger partial charge in [0.25, 0.3) is 0 Å². The van der Waals surface area contributed by atoms with Gasteiger partial charge in [0.1, 0.15) is 6.54 Å². The Morgan fingerprint density at radius 3 is 2.43 bits per heavy atom. The fourth-order valence-electron chi connectivity index (χ4n) is 2.14. The van der Waals surface area contributed by atoms with Crippen LogP contribution in [0, 0.1) is 6.92 Å². The second kappa shape index (κ2) is 7.49. The van der Waals surface area contributed by atoms with Gasteiger partial charge in [-0.25, -0.2) is 0 Å². The predicted octanol–water partition coefficient (Wildman–Crippen LogP) is 4.29. The summed E-state index contributed by atoms with van der Waals surface area (Å²) in [4.78, 5) is 25.5. The number of hydrogen-bond donors (Lipinski definition) is 1. The molecule has 4 nitrogen and oxygen atoms in total. The lowest BCUT2D eigenvalue weighted by molar-refractivity contribution is -0.120. The molecule has 0 saturated carbocycles. The lowest BCUT2D eigenvalue weighted by atomic mass is 10.2. The minimum absolute atomic E-state index is 0.124. The smallest absolute Gasteiger partial charge is 0.244 e. The Kier molecular flexibility index (Phi) is 5.64. The molecule has 2 aromatic rings. The molecule has 0 heterocycles. The fraction of sp³-hybridized carbons (Fsp3) is 0.176. The van der Waals surface area contributed by atoms with Gasteiger partial charge in [-0.1, -0.05) is 35.3 Å². The first-order chi connectivity index (χ1) is 10.9. The van der Waals surface area contributed by atoms with Gasteiger partial charge in [0.2, 0.25) is 11.8 Å². The van der Waals surface area contributed by atoms with Gasteiger partial charge < -0.3 is 10.2 Å². The average Bonchev–Trinajstić information content (AvgIpc) is 2.48. The van der Waals surface area contributed by atoms with Crippen molar-refractivity contribution in [2.75, 3.05) is 16.8 Å². The van der Waals surface area contributed by atoms with Crippen molar-refractivity contribution in [3.8, 4) is 0 Å². The van der Waals surface area contributed by atoms with Crippen LogP contribution in [0.2, 0.25) is 10.0 Å². The van der Waals surface area contributed by atoms with Crippen molar-refractivity contribution in [2.45, 2.75) is 13.8 Å². The zero-order valence-electron chi connectivity index (χ0n) is 12.8. The molecule has 0 spiro atoms. The molecule has 0 radical (unpaired) electrons. The molecule has 6 heteroatoms. The maximum Gasteiger partial charge on any atom is 0.244 e. The van der Waals surface area contributed by atoms with Crippen LogP contribution >= 0.6 is 23.2 Å². The van der Waals surface area contributed by atoms with Crippen LogP contribution in [0.1, 0.15) is 12.5 Å². The number of rotatable bonds is 4. The van der Waals surface area contributed by atoms with Crippen molar-refractivity contribution < 1.29 is 9.59 Å². The average molecular weight is 351 g/mol. The summed E-state index contributed by atoms with van der Waals surface area (Å²) in [5.41, 5.74) is 2.00. The number of nitrogens with one attached hydrogen (secondary N) is 1. The molecular formula is C17H16Cl2N2O2. The van der Waals surface area contributed by atoms with E-state index in [2.05, 4.69) is 5.32 Å². The van der Waals surface area contributed by atoms with E-state index in [4.69, 9.17) is 23.2 Å². The Morgan fingerprint density at radius 1 is 1.13 bits per heavy atom. The van der Waals surface area contributed by atoms with Crippen LogP contribution < -0.4 is 10.2 Å². The molecule has 2 aromatic carbocycles. The van der Waals surface area contributed by atoms with Crippen molar-refractivity contribution in [1.29, 1.82) is 0 Å². The number of nitrogens with zero attached hydrogens (tertiary/aromatic N) is 1. The maximum atomic E-state index is 12.3. The van der Waals surface area contributed by atoms with Crippen molar-refractivity contribution >= 4 is 46.4 Å². The summed E-state index contributed by atoms with van der Waals surface area (Å²) in [6.45, 7) is 3.11. The molecule has 0 bridgehead atoms. The summed E-state index contributed by atoms with van der Waals surface area (Å²) < 4.78 is 0. The Labute approximate surface area is 145 Å². The van der Waals surface area contributed by atoms with E-state index in [0.717, 1.165) is 5.56 Å². The Hall–Kier alpha value is -2.04. The molecule has 23 heavy (non-hydrogen) atoms. The van der Waals surface area contributed by atoms with Crippen LogP contribution in [0.3, 0.4) is 0 Å². The monoisotopic (exact) mass is 350 g/mol. The van der Waals surface area contributed by atoms with Gasteiger partial charge in [-0.2, -0.15) is 0 Å². The molecule has 0 aromatic heterocycles. The number of para-hydroxylation sites is 1. The van der Waals surface area contributed by atoms with E-state index in [9.17, 15) is 9.59 Å². The molecule has 0 unspecified atom stereocenters. The van der Waals surface area contributed by atoms with E-state index < -0.39 is 0 Å². The highest BCUT2D eigenvalue weighted by Gasteiger charge is 2.18. The number of halogens is 2. The van der Waals surface area contributed by atoms with Gasteiger partial charge in [-0.3, -0.25) is 9.59 Å². The molecule has 0 saturated heterocycles. The van der Waals surface area contributed by atoms with Crippen molar-refractivity contribution in [3.63, 3.8) is 0 Å². The summed E-state index contributed by atoms with van der Waals surface area (Å²) in [5.74, 6) is -0.577. The van der Waals surface area contributed by atoms with Gasteiger partial charge in [0.05, 0.1) is 10.7 Å². The molecule has 120 valence electrons. The molecule has 1 N–H and O–H groups in total. The number of carbonyl (C=O) groups is 2. The molecule has 0 fully saturated rings. The first-order valence-electron chi connectivity index (χ1n) is 6.97. The molecule has 0 aliphatic rings. The first kappa shape index (κ1) is 17.3. The molecule has 2 rings (SSSR count). The van der Waals surface area contributed by atoms with Crippen LogP contribution in [0.15, 0.2) is 42.5 Å². The standard InChI is InChI=1S/C17H16Cl2N2O2/c1-11-9-13(18)7-8-15(11)20-17(23)10-21(12(2)22)16-6-4-3-5-14(16)19/h3-9H,10H2,1-2H3,(H,20,23). The number of anilines is 2. The van der Waals surface area contributed by atoms with Crippen molar-refractivity contribution in [2.24, 2.45) is 0 Å². The van der Waals surface area contributed by atoms with Gasteiger partial charge in [0, 0.05) is 17.6 Å². The van der Waals surface area contributed by atoms with Gasteiger partial charge in [0.15, 0.2) is 0 Å². The predicted molar refractivity (Wildman–Crippen MR) is 94.3 cm³/mol. The van der Waals surface area contributed by atoms with Crippen molar-refractivity contribution in [1.82, 2.24) is 0 Å². The number of benzene rings is 2. The normalized spacial score (nSPS) is 10.3. The Balaban J connectivity index is 2.16. The van der Waals surface area contributed by atoms with E-state index in [1.54, 1.807) is 42.5 Å². The van der Waals surface area contributed by atoms with Crippen LogP contribution in [0.4, 0.5) is 11.4 Å². The van der Waals surface area contributed by atoms with Gasteiger partial charge in [-0.05, 0) is 42.8 Å². The second-order valence-electron chi connectivity index (χ2n) is 5.06. The highest BCUT2D eigenvalue weighted by Crippen LogP contribution is 2.25. The zero-order valence-corrected chi connectivity index (χ0v) is 14.3. The third-order valence-electron chi connectivity index (χ3n) is 3.29. The molecule has 2 amide bonds. The van der Waals surface area contributed by atoms with Gasteiger partial charge >= 0.3 is 0 Å². The SMILES string of the molecule is CC(=O)N(CC(=O)Nc1ccc(Cl)cc1C)c1ccccc1Cl. The third kappa shape index (κ3) is 4.47. The van der Waals surface area contributed by atoms with Crippen LogP contribution in [0.25, 0.3) is 0 Å². The summed E-state index contributed by atoms with van der Waals surface area (Å²) >= 11 is 12.0. The Morgan fingerprint density at radius 2 is 1.83 bits per heavy atom. The van der Waals surface area contributed by atoms with Gasteiger partial charge in [-0.15, -0.1) is 0 Å². The number of hydrogen-bond acceptors (Lipinski definition) is 2. The lowest BCUT2D eigenvalue weighted by Crippen LogP contribution is -2.37. The third-order valence-corrected chi connectivity index (χ3v) is 3.84. The highest BCUT2D eigenvalue weighted by atomic mass is 35.5. The largest absolute Gasteiger partial charge is 0.324 e. The fourth-order valence-corrected chi connectivity index (χ4v) is 2.60. The summed E-state index contributed by atoms with van der Waals surface area (Å²) in [6.07, 6.45) is 0. The van der Waals surface area contributed by atoms with E-state index >= 15 is 0 Å². The zero-order chi connectivity index (χ0) is 17.0. The van der Waals surface area contributed by atoms with Crippen LogP contribution in [0.5, 0.6) is 0 Å². The first-order valence-corrected chi connectivity index (χ1v) is 7.72. The van der Waals surface area contributed by atoms with E-state index in [1.165, 1.54) is 11.8 Å².